The number of thiazole rings is 1. The monoisotopic (exact) mass is 253 g/mol. The number of nitrogens with one attached hydrogen (secondary N) is 1. The highest BCUT2D eigenvalue weighted by Gasteiger charge is 2.24. The first-order valence-corrected chi connectivity index (χ1v) is 7.46. The highest BCUT2D eigenvalue weighted by Crippen LogP contribution is 2.25. The SMILES string of the molecule is CNC1CCCCC1CN(C)Cc1cscn1. The van der Waals surface area contributed by atoms with Crippen LogP contribution in [0.2, 0.25) is 0 Å². The van der Waals surface area contributed by atoms with E-state index in [1.54, 1.807) is 11.3 Å². The summed E-state index contributed by atoms with van der Waals surface area (Å²) in [5.74, 6) is 0.803. The molecule has 2 unspecified atom stereocenters. The van der Waals surface area contributed by atoms with Crippen molar-refractivity contribution in [1.29, 1.82) is 0 Å². The maximum atomic E-state index is 4.35. The van der Waals surface area contributed by atoms with Crippen LogP contribution in [0.1, 0.15) is 31.4 Å². The summed E-state index contributed by atoms with van der Waals surface area (Å²) in [5, 5.41) is 5.62. The molecule has 17 heavy (non-hydrogen) atoms. The number of rotatable bonds is 5. The van der Waals surface area contributed by atoms with E-state index in [1.807, 2.05) is 5.51 Å². The van der Waals surface area contributed by atoms with Crippen LogP contribution in [0, 0.1) is 5.92 Å². The van der Waals surface area contributed by atoms with Gasteiger partial charge in [0.25, 0.3) is 0 Å². The number of aromatic nitrogens is 1. The van der Waals surface area contributed by atoms with Crippen LogP contribution in [0.3, 0.4) is 0 Å². The van der Waals surface area contributed by atoms with Gasteiger partial charge in [0.15, 0.2) is 0 Å². The summed E-state index contributed by atoms with van der Waals surface area (Å²) in [5.41, 5.74) is 3.12. The van der Waals surface area contributed by atoms with Crippen LogP contribution in [-0.2, 0) is 6.54 Å². The van der Waals surface area contributed by atoms with E-state index in [-0.39, 0.29) is 0 Å². The third-order valence-electron chi connectivity index (χ3n) is 3.74. The molecule has 96 valence electrons. The van der Waals surface area contributed by atoms with Gasteiger partial charge >= 0.3 is 0 Å². The first-order chi connectivity index (χ1) is 8.29. The molecular formula is C13H23N3S. The van der Waals surface area contributed by atoms with Crippen LogP contribution in [-0.4, -0.2) is 36.6 Å². The van der Waals surface area contributed by atoms with Crippen molar-refractivity contribution in [3.05, 3.63) is 16.6 Å². The first kappa shape index (κ1) is 13.0. The molecule has 0 amide bonds. The summed E-state index contributed by atoms with van der Waals surface area (Å²) in [6.07, 6.45) is 5.49. The lowest BCUT2D eigenvalue weighted by Gasteiger charge is -2.34. The Bertz CT molecular complexity index is 312. The minimum Gasteiger partial charge on any atom is -0.317 e. The normalized spacial score (nSPS) is 25.4. The zero-order chi connectivity index (χ0) is 12.1. The van der Waals surface area contributed by atoms with Crippen molar-refractivity contribution in [3.63, 3.8) is 0 Å². The molecular weight excluding hydrogens is 230 g/mol. The third kappa shape index (κ3) is 3.76. The van der Waals surface area contributed by atoms with E-state index < -0.39 is 0 Å². The highest BCUT2D eigenvalue weighted by atomic mass is 32.1. The van der Waals surface area contributed by atoms with Crippen LogP contribution in [0.15, 0.2) is 10.9 Å². The Morgan fingerprint density at radius 3 is 3.00 bits per heavy atom. The predicted molar refractivity (Wildman–Crippen MR) is 73.3 cm³/mol. The van der Waals surface area contributed by atoms with Crippen LogP contribution in [0.4, 0.5) is 0 Å². The smallest absolute Gasteiger partial charge is 0.0795 e. The van der Waals surface area contributed by atoms with Gasteiger partial charge in [0.05, 0.1) is 11.2 Å². The first-order valence-electron chi connectivity index (χ1n) is 6.52. The average molecular weight is 253 g/mol. The third-order valence-corrected chi connectivity index (χ3v) is 4.38. The summed E-state index contributed by atoms with van der Waals surface area (Å²) >= 11 is 1.68. The van der Waals surface area contributed by atoms with E-state index in [1.165, 1.54) is 37.9 Å². The molecule has 4 heteroatoms. The van der Waals surface area contributed by atoms with Crippen molar-refractivity contribution >= 4 is 11.3 Å². The Hall–Kier alpha value is -0.450. The van der Waals surface area contributed by atoms with Crippen molar-refractivity contribution in [2.45, 2.75) is 38.3 Å². The second-order valence-electron chi connectivity index (χ2n) is 5.12. The standard InChI is InChI=1S/C13H23N3S/c1-14-13-6-4-3-5-11(13)7-16(2)8-12-9-17-10-15-12/h9-11,13-14H,3-8H2,1-2H3. The summed E-state index contributed by atoms with van der Waals surface area (Å²) in [7, 11) is 4.31. The van der Waals surface area contributed by atoms with Gasteiger partial charge in [0.2, 0.25) is 0 Å². The van der Waals surface area contributed by atoms with Gasteiger partial charge in [-0.3, -0.25) is 0 Å². The zero-order valence-electron chi connectivity index (χ0n) is 10.9. The minimum atomic E-state index is 0.710. The molecule has 1 aromatic heterocycles. The van der Waals surface area contributed by atoms with Crippen molar-refractivity contribution in [2.24, 2.45) is 5.92 Å². The van der Waals surface area contributed by atoms with Crippen LogP contribution in [0.25, 0.3) is 0 Å². The fourth-order valence-electron chi connectivity index (χ4n) is 2.86. The molecule has 1 aromatic rings. The van der Waals surface area contributed by atoms with Gasteiger partial charge < -0.3 is 10.2 Å². The Balaban J connectivity index is 1.82. The average Bonchev–Trinajstić information content (AvgIpc) is 2.82. The van der Waals surface area contributed by atoms with Gasteiger partial charge in [-0.2, -0.15) is 0 Å². The molecule has 1 fully saturated rings. The molecule has 0 spiro atoms. The van der Waals surface area contributed by atoms with Crippen LogP contribution >= 0.6 is 11.3 Å². The van der Waals surface area contributed by atoms with Gasteiger partial charge in [0.1, 0.15) is 0 Å². The van der Waals surface area contributed by atoms with Gasteiger partial charge in [-0.05, 0) is 32.9 Å². The Labute approximate surface area is 108 Å². The summed E-state index contributed by atoms with van der Waals surface area (Å²) in [6.45, 7) is 2.17. The predicted octanol–water partition coefficient (Wildman–Crippen LogP) is 2.35. The largest absolute Gasteiger partial charge is 0.317 e. The van der Waals surface area contributed by atoms with Crippen molar-refractivity contribution in [1.82, 2.24) is 15.2 Å². The highest BCUT2D eigenvalue weighted by molar-refractivity contribution is 7.07. The molecule has 2 atom stereocenters. The molecule has 2 rings (SSSR count). The Morgan fingerprint density at radius 1 is 1.47 bits per heavy atom. The molecule has 0 radical (unpaired) electrons. The minimum absolute atomic E-state index is 0.710. The quantitative estimate of drug-likeness (QED) is 0.873. The molecule has 0 bridgehead atoms. The fourth-order valence-corrected chi connectivity index (χ4v) is 3.41. The fraction of sp³-hybridized carbons (Fsp3) is 0.769. The summed E-state index contributed by atoms with van der Waals surface area (Å²) in [6, 6.07) is 0.710. The maximum absolute atomic E-state index is 4.35. The molecule has 1 N–H and O–H groups in total. The maximum Gasteiger partial charge on any atom is 0.0795 e. The number of nitrogens with zero attached hydrogens (tertiary/aromatic N) is 2. The van der Waals surface area contributed by atoms with E-state index >= 15 is 0 Å². The Morgan fingerprint density at radius 2 is 2.29 bits per heavy atom. The van der Waals surface area contributed by atoms with Crippen molar-refractivity contribution in [3.8, 4) is 0 Å². The molecule has 1 aliphatic carbocycles. The second kappa shape index (κ2) is 6.47. The van der Waals surface area contributed by atoms with E-state index in [0.717, 1.165) is 12.5 Å². The molecule has 0 aromatic carbocycles. The van der Waals surface area contributed by atoms with E-state index in [4.69, 9.17) is 0 Å². The second-order valence-corrected chi connectivity index (χ2v) is 5.83. The van der Waals surface area contributed by atoms with Crippen molar-refractivity contribution < 1.29 is 0 Å². The lowest BCUT2D eigenvalue weighted by molar-refractivity contribution is 0.189. The molecule has 1 saturated carbocycles. The zero-order valence-corrected chi connectivity index (χ0v) is 11.7. The van der Waals surface area contributed by atoms with Crippen LogP contribution in [0.5, 0.6) is 0 Å². The number of hydrogen-bond acceptors (Lipinski definition) is 4. The molecule has 1 heterocycles. The molecule has 1 aliphatic rings. The van der Waals surface area contributed by atoms with Crippen molar-refractivity contribution in [2.75, 3.05) is 20.6 Å². The Kier molecular flexibility index (Phi) is 4.95. The summed E-state index contributed by atoms with van der Waals surface area (Å²) in [4.78, 5) is 6.76. The van der Waals surface area contributed by atoms with E-state index in [9.17, 15) is 0 Å². The van der Waals surface area contributed by atoms with E-state index in [0.29, 0.717) is 6.04 Å². The molecule has 0 aliphatic heterocycles. The number of hydrogen-bond donors (Lipinski definition) is 1. The van der Waals surface area contributed by atoms with Crippen LogP contribution < -0.4 is 5.32 Å². The molecule has 0 saturated heterocycles. The molecule has 3 nitrogen and oxygen atoms in total. The van der Waals surface area contributed by atoms with Gasteiger partial charge in [-0.15, -0.1) is 11.3 Å². The van der Waals surface area contributed by atoms with E-state index in [2.05, 4.69) is 34.7 Å². The van der Waals surface area contributed by atoms with Gasteiger partial charge in [-0.25, -0.2) is 4.98 Å². The van der Waals surface area contributed by atoms with Gasteiger partial charge in [0, 0.05) is 24.5 Å². The lowest BCUT2D eigenvalue weighted by atomic mass is 9.84. The van der Waals surface area contributed by atoms with Gasteiger partial charge in [-0.1, -0.05) is 12.8 Å². The topological polar surface area (TPSA) is 28.2 Å². The lowest BCUT2D eigenvalue weighted by Crippen LogP contribution is -2.41. The summed E-state index contributed by atoms with van der Waals surface area (Å²) < 4.78 is 0.